The highest BCUT2D eigenvalue weighted by Gasteiger charge is 2.30. The second-order valence-corrected chi connectivity index (χ2v) is 13.6. The molecule has 0 bridgehead atoms. The van der Waals surface area contributed by atoms with Crippen LogP contribution in [0.5, 0.6) is 11.5 Å². The van der Waals surface area contributed by atoms with E-state index in [-0.39, 0.29) is 5.41 Å². The van der Waals surface area contributed by atoms with Gasteiger partial charge in [-0.1, -0.05) is 106 Å². The van der Waals surface area contributed by atoms with Crippen LogP contribution in [0.25, 0.3) is 11.1 Å². The molecule has 2 aliphatic rings. The highest BCUT2D eigenvalue weighted by atomic mass is 16.5. The van der Waals surface area contributed by atoms with Gasteiger partial charge in [0.2, 0.25) is 0 Å². The summed E-state index contributed by atoms with van der Waals surface area (Å²) in [5.74, 6) is 1.60. The monoisotopic (exact) mass is 640 g/mol. The highest BCUT2D eigenvalue weighted by molar-refractivity contribution is 5.92. The van der Waals surface area contributed by atoms with E-state index in [4.69, 9.17) is 4.74 Å². The number of fused-ring (bicyclic) bond motifs is 1. The van der Waals surface area contributed by atoms with E-state index < -0.39 is 0 Å². The third kappa shape index (κ3) is 6.12. The van der Waals surface area contributed by atoms with Gasteiger partial charge in [-0.2, -0.15) is 0 Å². The average Bonchev–Trinajstić information content (AvgIpc) is 3.79. The van der Waals surface area contributed by atoms with Crippen molar-refractivity contribution in [1.29, 1.82) is 0 Å². The maximum atomic E-state index is 6.52. The first kappa shape index (κ1) is 30.4. The zero-order valence-electron chi connectivity index (χ0n) is 28.2. The lowest BCUT2D eigenvalue weighted by Crippen LogP contribution is -2.25. The van der Waals surface area contributed by atoms with Gasteiger partial charge < -0.3 is 24.3 Å². The van der Waals surface area contributed by atoms with Gasteiger partial charge in [0, 0.05) is 47.2 Å². The van der Waals surface area contributed by atoms with Crippen LogP contribution >= 0.6 is 0 Å². The number of rotatable bonds is 7. The number of nitrogens with zero attached hydrogens (tertiary/aromatic N) is 4. The summed E-state index contributed by atoms with van der Waals surface area (Å²) < 4.78 is 6.52. The standard InChI is InChI=1S/C44H40N4O/c1-44(2,3)34-24-25-40(33-14-6-4-7-15-33)43(28-34)48-32-47(41-22-10-11-23-42(41)48)37-19-13-21-39(30-37)49-38-20-12-18-36(29-38)46-27-26-45(31-46)35-16-8-5-9-17-35/h4-30H,31-32H2,1-3H3. The molecule has 0 saturated carbocycles. The Morgan fingerprint density at radius 3 is 1.73 bits per heavy atom. The van der Waals surface area contributed by atoms with Crippen molar-refractivity contribution in [3.05, 3.63) is 170 Å². The van der Waals surface area contributed by atoms with E-state index in [0.29, 0.717) is 6.67 Å². The summed E-state index contributed by atoms with van der Waals surface area (Å²) in [5.41, 5.74) is 10.7. The molecule has 0 fully saturated rings. The topological polar surface area (TPSA) is 22.2 Å². The number of benzene rings is 6. The molecular weight excluding hydrogens is 601 g/mol. The Labute approximate surface area is 289 Å². The predicted octanol–water partition coefficient (Wildman–Crippen LogP) is 11.4. The molecule has 0 radical (unpaired) electrons. The highest BCUT2D eigenvalue weighted by Crippen LogP contribution is 2.48. The fourth-order valence-corrected chi connectivity index (χ4v) is 6.68. The second-order valence-electron chi connectivity index (χ2n) is 13.6. The maximum absolute atomic E-state index is 6.52. The Morgan fingerprint density at radius 2 is 1.04 bits per heavy atom. The Morgan fingerprint density at radius 1 is 0.469 bits per heavy atom. The fraction of sp³-hybridized carbons (Fsp3) is 0.136. The summed E-state index contributed by atoms with van der Waals surface area (Å²) in [4.78, 5) is 9.29. The quantitative estimate of drug-likeness (QED) is 0.173. The average molecular weight is 641 g/mol. The van der Waals surface area contributed by atoms with Crippen LogP contribution in [-0.4, -0.2) is 13.3 Å². The molecule has 0 unspecified atom stereocenters. The summed E-state index contributed by atoms with van der Waals surface area (Å²) in [6.45, 7) is 8.27. The minimum atomic E-state index is 0.0260. The predicted molar refractivity (Wildman–Crippen MR) is 205 cm³/mol. The largest absolute Gasteiger partial charge is 0.457 e. The number of ether oxygens (including phenoxy) is 1. The van der Waals surface area contributed by atoms with Crippen LogP contribution in [0.4, 0.5) is 34.1 Å². The van der Waals surface area contributed by atoms with Gasteiger partial charge in [-0.25, -0.2) is 0 Å². The fourth-order valence-electron chi connectivity index (χ4n) is 6.68. The molecule has 49 heavy (non-hydrogen) atoms. The molecule has 0 aromatic heterocycles. The van der Waals surface area contributed by atoms with Gasteiger partial charge >= 0.3 is 0 Å². The summed E-state index contributed by atoms with van der Waals surface area (Å²) in [6, 6.07) is 53.5. The van der Waals surface area contributed by atoms with E-state index in [0.717, 1.165) is 29.5 Å². The van der Waals surface area contributed by atoms with Crippen molar-refractivity contribution in [2.24, 2.45) is 0 Å². The summed E-state index contributed by atoms with van der Waals surface area (Å²) in [5, 5.41) is 0. The van der Waals surface area contributed by atoms with Crippen LogP contribution in [0.15, 0.2) is 164 Å². The molecular formula is C44H40N4O. The first-order chi connectivity index (χ1) is 23.9. The maximum Gasteiger partial charge on any atom is 0.129 e. The summed E-state index contributed by atoms with van der Waals surface area (Å²) >= 11 is 0. The first-order valence-corrected chi connectivity index (χ1v) is 16.9. The van der Waals surface area contributed by atoms with E-state index in [1.54, 1.807) is 0 Å². The van der Waals surface area contributed by atoms with Crippen molar-refractivity contribution in [2.75, 3.05) is 32.9 Å². The molecule has 242 valence electrons. The van der Waals surface area contributed by atoms with Gasteiger partial charge in [0.05, 0.1) is 23.7 Å². The van der Waals surface area contributed by atoms with Gasteiger partial charge in [-0.3, -0.25) is 0 Å². The molecule has 0 aliphatic carbocycles. The molecule has 0 saturated heterocycles. The Hall–Kier alpha value is -5.94. The lowest BCUT2D eigenvalue weighted by Gasteiger charge is -2.27. The van der Waals surface area contributed by atoms with Crippen LogP contribution in [0.1, 0.15) is 26.3 Å². The molecule has 6 aromatic rings. The zero-order chi connectivity index (χ0) is 33.4. The van der Waals surface area contributed by atoms with Gasteiger partial charge in [-0.15, -0.1) is 0 Å². The molecule has 0 atom stereocenters. The number of anilines is 6. The van der Waals surface area contributed by atoms with Crippen LogP contribution < -0.4 is 24.3 Å². The lowest BCUT2D eigenvalue weighted by atomic mass is 9.85. The molecule has 2 heterocycles. The van der Waals surface area contributed by atoms with Gasteiger partial charge in [0.1, 0.15) is 18.2 Å². The van der Waals surface area contributed by atoms with Crippen molar-refractivity contribution in [2.45, 2.75) is 26.2 Å². The Bertz CT molecular complexity index is 2120. The molecule has 5 nitrogen and oxygen atoms in total. The van der Waals surface area contributed by atoms with Crippen molar-refractivity contribution < 1.29 is 4.74 Å². The van der Waals surface area contributed by atoms with Crippen molar-refractivity contribution in [3.8, 4) is 22.6 Å². The molecule has 8 rings (SSSR count). The van der Waals surface area contributed by atoms with Crippen LogP contribution in [0.2, 0.25) is 0 Å². The van der Waals surface area contributed by atoms with Gasteiger partial charge in [-0.05, 0) is 71.1 Å². The van der Waals surface area contributed by atoms with Gasteiger partial charge in [0.25, 0.3) is 0 Å². The van der Waals surface area contributed by atoms with E-state index in [1.807, 2.05) is 18.2 Å². The van der Waals surface area contributed by atoms with E-state index in [9.17, 15) is 0 Å². The lowest BCUT2D eigenvalue weighted by molar-refractivity contribution is 0.483. The van der Waals surface area contributed by atoms with Crippen LogP contribution in [-0.2, 0) is 5.41 Å². The van der Waals surface area contributed by atoms with Crippen molar-refractivity contribution >= 4 is 34.1 Å². The molecule has 2 aliphatic heterocycles. The number of para-hydroxylation sites is 3. The van der Waals surface area contributed by atoms with Gasteiger partial charge in [0.15, 0.2) is 0 Å². The minimum absolute atomic E-state index is 0.0260. The van der Waals surface area contributed by atoms with E-state index in [1.165, 1.54) is 39.4 Å². The Balaban J connectivity index is 1.07. The molecule has 0 amide bonds. The third-order valence-corrected chi connectivity index (χ3v) is 9.32. The second kappa shape index (κ2) is 12.6. The van der Waals surface area contributed by atoms with E-state index >= 15 is 0 Å². The smallest absolute Gasteiger partial charge is 0.129 e. The molecule has 5 heteroatoms. The van der Waals surface area contributed by atoms with Crippen molar-refractivity contribution in [3.63, 3.8) is 0 Å². The Kier molecular flexibility index (Phi) is 7.81. The van der Waals surface area contributed by atoms with Crippen LogP contribution in [0, 0.1) is 0 Å². The summed E-state index contributed by atoms with van der Waals surface area (Å²) in [6.07, 6.45) is 4.23. The molecule has 0 spiro atoms. The van der Waals surface area contributed by atoms with Crippen molar-refractivity contribution in [1.82, 2.24) is 0 Å². The third-order valence-electron chi connectivity index (χ3n) is 9.32. The summed E-state index contributed by atoms with van der Waals surface area (Å²) in [7, 11) is 0. The normalized spacial score (nSPS) is 14.0. The first-order valence-electron chi connectivity index (χ1n) is 16.9. The number of hydrogen-bond acceptors (Lipinski definition) is 5. The molecule has 0 N–H and O–H groups in total. The minimum Gasteiger partial charge on any atom is -0.457 e. The SMILES string of the molecule is CC(C)(C)c1ccc(-c2ccccc2)c(N2CN(c3cccc(Oc4cccc(N5C=CN(c6ccccc6)C5)c4)c3)c3ccccc32)c1. The molecule has 6 aromatic carbocycles. The zero-order valence-corrected chi connectivity index (χ0v) is 28.2. The van der Waals surface area contributed by atoms with E-state index in [2.05, 4.69) is 186 Å². The number of hydrogen-bond donors (Lipinski definition) is 0. The van der Waals surface area contributed by atoms with Crippen LogP contribution in [0.3, 0.4) is 0 Å².